The molecule has 0 aliphatic carbocycles. The van der Waals surface area contributed by atoms with Gasteiger partial charge in [0.05, 0.1) is 5.88 Å². The molecule has 0 spiro atoms. The first-order valence-electron chi connectivity index (χ1n) is 16.4. The summed E-state index contributed by atoms with van der Waals surface area (Å²) in [5, 5.41) is 3.09. The van der Waals surface area contributed by atoms with Crippen LogP contribution in [0, 0.1) is 23.7 Å². The molecular formula is C33H68Cl4N2O2V. The fourth-order valence-electron chi connectivity index (χ4n) is 4.44. The number of carbonyl (C=O) groups is 2. The Hall–Kier alpha value is 0.844. The van der Waals surface area contributed by atoms with Crippen molar-refractivity contribution in [1.29, 1.82) is 0 Å². The summed E-state index contributed by atoms with van der Waals surface area (Å²) in [5.41, 5.74) is 0. The zero-order valence-electron chi connectivity index (χ0n) is 28.5. The van der Waals surface area contributed by atoms with Gasteiger partial charge in [-0.05, 0) is 67.6 Å². The van der Waals surface area contributed by atoms with Crippen LogP contribution in [-0.2, 0) is 28.1 Å². The van der Waals surface area contributed by atoms with Gasteiger partial charge in [0.25, 0.3) is 0 Å². The molecule has 0 aromatic carbocycles. The van der Waals surface area contributed by atoms with Crippen molar-refractivity contribution in [2.45, 2.75) is 139 Å². The second-order valence-electron chi connectivity index (χ2n) is 11.3. The Kier molecular flexibility index (Phi) is 49.7. The Labute approximate surface area is 295 Å². The van der Waals surface area contributed by atoms with Gasteiger partial charge in [-0.15, -0.1) is 35.6 Å². The second-order valence-corrected chi connectivity index (χ2v) is 12.3. The van der Waals surface area contributed by atoms with E-state index in [2.05, 4.69) is 60.7 Å². The van der Waals surface area contributed by atoms with Gasteiger partial charge in [0.1, 0.15) is 5.88 Å². The molecule has 0 fully saturated rings. The first-order valence-corrected chi connectivity index (χ1v) is 17.9. The van der Waals surface area contributed by atoms with E-state index < -0.39 is 5.24 Å². The molecule has 4 unspecified atom stereocenters. The molecule has 9 heteroatoms. The van der Waals surface area contributed by atoms with Crippen molar-refractivity contribution in [3.05, 3.63) is 0 Å². The van der Waals surface area contributed by atoms with Crippen LogP contribution < -0.4 is 5.32 Å². The van der Waals surface area contributed by atoms with Crippen LogP contribution in [-0.4, -0.2) is 54.0 Å². The molecule has 0 saturated heterocycles. The molecule has 1 amide bonds. The van der Waals surface area contributed by atoms with Crippen molar-refractivity contribution in [3.63, 3.8) is 0 Å². The van der Waals surface area contributed by atoms with Crippen LogP contribution in [0.1, 0.15) is 139 Å². The number of nitrogens with one attached hydrogen (secondary N) is 1. The smallest absolute Gasteiger partial charge is 0.237 e. The van der Waals surface area contributed by atoms with Crippen molar-refractivity contribution >= 4 is 58.4 Å². The molecule has 0 aromatic rings. The third kappa shape index (κ3) is 35.3. The molecule has 0 bridgehead atoms. The monoisotopic (exact) mass is 715 g/mol. The number of amides is 1. The van der Waals surface area contributed by atoms with Crippen molar-refractivity contribution in [2.75, 3.05) is 37.9 Å². The van der Waals surface area contributed by atoms with Gasteiger partial charge in [-0.1, -0.05) is 120 Å². The Morgan fingerprint density at radius 3 is 1.33 bits per heavy atom. The molecule has 42 heavy (non-hydrogen) atoms. The third-order valence-corrected chi connectivity index (χ3v) is 8.52. The van der Waals surface area contributed by atoms with Gasteiger partial charge in [-0.3, -0.25) is 9.59 Å². The number of hydrogen-bond acceptors (Lipinski definition) is 3. The van der Waals surface area contributed by atoms with Crippen LogP contribution in [0.15, 0.2) is 0 Å². The number of rotatable bonds is 23. The number of unbranched alkanes of at least 4 members (excludes halogenated alkanes) is 3. The first-order chi connectivity index (χ1) is 19.1. The maximum Gasteiger partial charge on any atom is 0.237 e. The van der Waals surface area contributed by atoms with E-state index in [-0.39, 0.29) is 48.6 Å². The average molecular weight is 718 g/mol. The SMILES string of the molecule is CCCCC(CC)CN(CC(CC)CCCC)C(=O)CCl.CCCCC(CC)CNCC(C)CC.Cl.O=C(Cl)CCl.[V]. The Morgan fingerprint density at radius 2 is 1.05 bits per heavy atom. The molecule has 4 nitrogen and oxygen atoms in total. The number of halogens is 4. The fraction of sp³-hybridized carbons (Fsp3) is 0.939. The standard InChI is InChI=1S/C18H36ClNO.C13H29N.C2H2Cl2O.ClH.V/c1-5-9-11-16(7-3)14-20(18(21)13-19)15-17(8-4)12-10-6-2;1-5-8-9-13(7-3)11-14-10-12(4)6-2;3-1-2(4)5;;/h16-17H,5-15H2,1-4H3;12-14H,5-11H2,1-4H3;1H2;1H;. The van der Waals surface area contributed by atoms with Crippen LogP contribution in [0.25, 0.3) is 0 Å². The molecule has 0 aromatic heterocycles. The maximum atomic E-state index is 12.2. The average Bonchev–Trinajstić information content (AvgIpc) is 2.97. The quantitative estimate of drug-likeness (QED) is 0.0846. The van der Waals surface area contributed by atoms with E-state index in [4.69, 9.17) is 34.8 Å². The molecule has 0 aliphatic rings. The minimum Gasteiger partial charge on any atom is -0.341 e. The van der Waals surface area contributed by atoms with E-state index in [0.29, 0.717) is 11.8 Å². The Balaban J connectivity index is -0.000000188. The van der Waals surface area contributed by atoms with E-state index in [1.54, 1.807) is 0 Å². The number of alkyl halides is 2. The molecule has 0 rings (SSSR count). The van der Waals surface area contributed by atoms with Gasteiger partial charge >= 0.3 is 0 Å². The van der Waals surface area contributed by atoms with E-state index in [9.17, 15) is 9.59 Å². The first kappa shape index (κ1) is 52.4. The summed E-state index contributed by atoms with van der Waals surface area (Å²) >= 11 is 15.4. The van der Waals surface area contributed by atoms with Gasteiger partial charge < -0.3 is 10.2 Å². The summed E-state index contributed by atoms with van der Waals surface area (Å²) in [6.45, 7) is 22.3. The Bertz CT molecular complexity index is 544. The molecule has 1 N–H and O–H groups in total. The molecular weight excluding hydrogens is 649 g/mol. The number of nitrogens with zero attached hydrogens (tertiary/aromatic N) is 1. The zero-order chi connectivity index (χ0) is 31.2. The van der Waals surface area contributed by atoms with Crippen LogP contribution >= 0.6 is 47.2 Å². The summed E-state index contributed by atoms with van der Waals surface area (Å²) in [6.07, 6.45) is 16.5. The van der Waals surface area contributed by atoms with E-state index >= 15 is 0 Å². The summed E-state index contributed by atoms with van der Waals surface area (Å²) in [5.74, 6) is 3.12. The minimum atomic E-state index is -0.508. The van der Waals surface area contributed by atoms with E-state index in [1.807, 2.05) is 4.90 Å². The summed E-state index contributed by atoms with van der Waals surface area (Å²) in [6, 6.07) is 0. The molecule has 0 heterocycles. The molecule has 0 aliphatic heterocycles. The topological polar surface area (TPSA) is 49.4 Å². The van der Waals surface area contributed by atoms with Crippen LogP contribution in [0.5, 0.6) is 0 Å². The van der Waals surface area contributed by atoms with Crippen molar-refractivity contribution in [1.82, 2.24) is 10.2 Å². The van der Waals surface area contributed by atoms with Crippen molar-refractivity contribution in [2.24, 2.45) is 23.7 Å². The number of hydrogen-bond donors (Lipinski definition) is 1. The van der Waals surface area contributed by atoms with Crippen LogP contribution in [0.2, 0.25) is 0 Å². The molecule has 0 saturated carbocycles. The van der Waals surface area contributed by atoms with Gasteiger partial charge in [0, 0.05) is 31.6 Å². The van der Waals surface area contributed by atoms with Gasteiger partial charge in [0.2, 0.25) is 11.1 Å². The predicted octanol–water partition coefficient (Wildman–Crippen LogP) is 10.7. The van der Waals surface area contributed by atoms with Crippen LogP contribution in [0.4, 0.5) is 0 Å². The second kappa shape index (κ2) is 39.9. The number of carbonyl (C=O) groups excluding carboxylic acids is 2. The molecule has 4 atom stereocenters. The summed E-state index contributed by atoms with van der Waals surface area (Å²) < 4.78 is 0. The molecule has 1 radical (unpaired) electrons. The third-order valence-electron chi connectivity index (χ3n) is 7.78. The predicted molar refractivity (Wildman–Crippen MR) is 188 cm³/mol. The van der Waals surface area contributed by atoms with Crippen molar-refractivity contribution in [3.8, 4) is 0 Å². The van der Waals surface area contributed by atoms with Crippen LogP contribution in [0.3, 0.4) is 0 Å². The maximum absolute atomic E-state index is 12.2. The van der Waals surface area contributed by atoms with Gasteiger partial charge in [0.15, 0.2) is 0 Å². The van der Waals surface area contributed by atoms with Crippen molar-refractivity contribution < 1.29 is 28.1 Å². The molecule has 255 valence electrons. The largest absolute Gasteiger partial charge is 0.341 e. The van der Waals surface area contributed by atoms with Gasteiger partial charge in [-0.25, -0.2) is 0 Å². The summed E-state index contributed by atoms with van der Waals surface area (Å²) in [4.78, 5) is 23.6. The van der Waals surface area contributed by atoms with E-state index in [0.717, 1.165) is 37.8 Å². The normalized spacial score (nSPS) is 13.0. The zero-order valence-corrected chi connectivity index (χ0v) is 33.0. The van der Waals surface area contributed by atoms with Gasteiger partial charge in [-0.2, -0.15) is 0 Å². The fourth-order valence-corrected chi connectivity index (χ4v) is 4.61. The summed E-state index contributed by atoms with van der Waals surface area (Å²) in [7, 11) is 0. The van der Waals surface area contributed by atoms with E-state index in [1.165, 1.54) is 83.7 Å². The minimum absolute atomic E-state index is 0. The Morgan fingerprint density at radius 1 is 0.667 bits per heavy atom.